The first-order chi connectivity index (χ1) is 8.65. The van der Waals surface area contributed by atoms with Crippen molar-refractivity contribution >= 4 is 27.9 Å². The smallest absolute Gasteiger partial charge is 0.308 e. The van der Waals surface area contributed by atoms with E-state index in [9.17, 15) is 10.1 Å². The Labute approximate surface area is 113 Å². The summed E-state index contributed by atoms with van der Waals surface area (Å²) in [6, 6.07) is 10.9. The molecule has 1 N–H and O–H groups in total. The number of halogens is 1. The largest absolute Gasteiger partial charge is 0.324 e. The van der Waals surface area contributed by atoms with Gasteiger partial charge in [-0.15, -0.1) is 0 Å². The van der Waals surface area contributed by atoms with Gasteiger partial charge in [-0.05, 0) is 23.8 Å². The second-order valence-corrected chi connectivity index (χ2v) is 5.31. The van der Waals surface area contributed by atoms with Crippen LogP contribution in [-0.2, 0) is 13.1 Å². The van der Waals surface area contributed by atoms with Gasteiger partial charge in [-0.25, -0.2) is 0 Å². The molecule has 2 aromatic rings. The zero-order valence-electron chi connectivity index (χ0n) is 9.43. The number of benzene rings is 1. The third-order valence-corrected chi connectivity index (χ3v) is 3.66. The third-order valence-electron chi connectivity index (χ3n) is 2.37. The van der Waals surface area contributed by atoms with Gasteiger partial charge in [0.1, 0.15) is 0 Å². The van der Waals surface area contributed by atoms with Crippen molar-refractivity contribution in [1.82, 2.24) is 5.32 Å². The summed E-state index contributed by atoms with van der Waals surface area (Å²) < 4.78 is 0. The van der Waals surface area contributed by atoms with Crippen molar-refractivity contribution in [2.75, 3.05) is 0 Å². The van der Waals surface area contributed by atoms with Crippen LogP contribution in [0.2, 0.25) is 5.02 Å². The van der Waals surface area contributed by atoms with E-state index in [4.69, 9.17) is 11.6 Å². The van der Waals surface area contributed by atoms with Crippen molar-refractivity contribution < 1.29 is 4.92 Å². The van der Waals surface area contributed by atoms with Crippen molar-refractivity contribution in [2.45, 2.75) is 13.1 Å². The summed E-state index contributed by atoms with van der Waals surface area (Å²) in [5, 5.41) is 14.7. The van der Waals surface area contributed by atoms with Crippen LogP contribution in [0.1, 0.15) is 10.4 Å². The first kappa shape index (κ1) is 13.0. The molecule has 0 aliphatic rings. The topological polar surface area (TPSA) is 55.2 Å². The molecule has 0 spiro atoms. The van der Waals surface area contributed by atoms with Gasteiger partial charge in [-0.3, -0.25) is 10.1 Å². The van der Waals surface area contributed by atoms with Crippen LogP contribution in [0.15, 0.2) is 36.4 Å². The van der Waals surface area contributed by atoms with E-state index in [-0.39, 0.29) is 9.92 Å². The number of hydrogen-bond donors (Lipinski definition) is 1. The molecule has 18 heavy (non-hydrogen) atoms. The van der Waals surface area contributed by atoms with Gasteiger partial charge < -0.3 is 5.32 Å². The summed E-state index contributed by atoms with van der Waals surface area (Å²) in [6.45, 7) is 1.34. The van der Waals surface area contributed by atoms with Gasteiger partial charge in [-0.1, -0.05) is 35.1 Å². The van der Waals surface area contributed by atoms with E-state index in [1.807, 2.05) is 24.3 Å². The molecule has 1 aromatic carbocycles. The van der Waals surface area contributed by atoms with Gasteiger partial charge >= 0.3 is 5.00 Å². The highest BCUT2D eigenvalue weighted by Gasteiger charge is 2.08. The summed E-state index contributed by atoms with van der Waals surface area (Å²) in [5.74, 6) is 0. The molecule has 0 atom stereocenters. The van der Waals surface area contributed by atoms with Crippen LogP contribution in [0, 0.1) is 10.1 Å². The average Bonchev–Trinajstić information content (AvgIpc) is 2.81. The highest BCUT2D eigenvalue weighted by Crippen LogP contribution is 2.23. The zero-order valence-corrected chi connectivity index (χ0v) is 11.0. The van der Waals surface area contributed by atoms with Crippen LogP contribution in [0.5, 0.6) is 0 Å². The van der Waals surface area contributed by atoms with E-state index in [2.05, 4.69) is 5.32 Å². The fraction of sp³-hybridized carbons (Fsp3) is 0.167. The maximum absolute atomic E-state index is 10.5. The SMILES string of the molecule is O=[N+]([O-])c1ccc(CNCc2ccc(Cl)cc2)s1. The van der Waals surface area contributed by atoms with E-state index in [0.717, 1.165) is 10.4 Å². The van der Waals surface area contributed by atoms with Crippen LogP contribution in [0.3, 0.4) is 0 Å². The molecule has 0 fully saturated rings. The van der Waals surface area contributed by atoms with E-state index >= 15 is 0 Å². The molecule has 6 heteroatoms. The zero-order chi connectivity index (χ0) is 13.0. The number of thiophene rings is 1. The Morgan fingerprint density at radius 2 is 1.89 bits per heavy atom. The van der Waals surface area contributed by atoms with Crippen LogP contribution in [0.4, 0.5) is 5.00 Å². The van der Waals surface area contributed by atoms with E-state index in [1.165, 1.54) is 17.4 Å². The number of hydrogen-bond acceptors (Lipinski definition) is 4. The van der Waals surface area contributed by atoms with Gasteiger partial charge in [0, 0.05) is 29.1 Å². The van der Waals surface area contributed by atoms with Crippen molar-refractivity contribution in [3.63, 3.8) is 0 Å². The second kappa shape index (κ2) is 5.95. The van der Waals surface area contributed by atoms with E-state index in [1.54, 1.807) is 6.07 Å². The predicted octanol–water partition coefficient (Wildman–Crippen LogP) is 3.60. The molecular formula is C12H11ClN2O2S. The Morgan fingerprint density at radius 1 is 1.17 bits per heavy atom. The Hall–Kier alpha value is -1.43. The van der Waals surface area contributed by atoms with Crippen molar-refractivity contribution in [3.05, 3.63) is 62.0 Å². The maximum Gasteiger partial charge on any atom is 0.324 e. The van der Waals surface area contributed by atoms with E-state index in [0.29, 0.717) is 18.1 Å². The Bertz CT molecular complexity index is 539. The molecular weight excluding hydrogens is 272 g/mol. The molecule has 94 valence electrons. The fourth-order valence-electron chi connectivity index (χ4n) is 1.49. The summed E-state index contributed by atoms with van der Waals surface area (Å²) in [4.78, 5) is 11.1. The third kappa shape index (κ3) is 3.53. The molecule has 0 aliphatic heterocycles. The van der Waals surface area contributed by atoms with Crippen molar-refractivity contribution in [2.24, 2.45) is 0 Å². The molecule has 0 aliphatic carbocycles. The molecule has 1 heterocycles. The lowest BCUT2D eigenvalue weighted by molar-refractivity contribution is -0.380. The van der Waals surface area contributed by atoms with Gasteiger partial charge in [-0.2, -0.15) is 0 Å². The van der Waals surface area contributed by atoms with E-state index < -0.39 is 0 Å². The molecule has 0 amide bonds. The molecule has 2 rings (SSSR count). The van der Waals surface area contributed by atoms with Crippen LogP contribution >= 0.6 is 22.9 Å². The highest BCUT2D eigenvalue weighted by molar-refractivity contribution is 7.15. The summed E-state index contributed by atoms with van der Waals surface area (Å²) in [5.41, 5.74) is 1.13. The molecule has 4 nitrogen and oxygen atoms in total. The summed E-state index contributed by atoms with van der Waals surface area (Å²) in [7, 11) is 0. The molecule has 0 saturated heterocycles. The summed E-state index contributed by atoms with van der Waals surface area (Å²) >= 11 is 6.99. The number of nitrogens with one attached hydrogen (secondary N) is 1. The van der Waals surface area contributed by atoms with Gasteiger partial charge in [0.2, 0.25) is 0 Å². The molecule has 1 aromatic heterocycles. The van der Waals surface area contributed by atoms with Crippen molar-refractivity contribution in [1.29, 1.82) is 0 Å². The first-order valence-electron chi connectivity index (χ1n) is 5.33. The van der Waals surface area contributed by atoms with Crippen LogP contribution in [0.25, 0.3) is 0 Å². The average molecular weight is 283 g/mol. The Kier molecular flexibility index (Phi) is 4.30. The molecule has 0 unspecified atom stereocenters. The lowest BCUT2D eigenvalue weighted by Gasteiger charge is -2.03. The quantitative estimate of drug-likeness (QED) is 0.673. The van der Waals surface area contributed by atoms with Crippen LogP contribution < -0.4 is 5.32 Å². The monoisotopic (exact) mass is 282 g/mol. The van der Waals surface area contributed by atoms with Gasteiger partial charge in [0.25, 0.3) is 0 Å². The lowest BCUT2D eigenvalue weighted by Crippen LogP contribution is -2.11. The number of nitrogens with zero attached hydrogens (tertiary/aromatic N) is 1. The molecule has 0 saturated carbocycles. The maximum atomic E-state index is 10.5. The van der Waals surface area contributed by atoms with Gasteiger partial charge in [0.05, 0.1) is 4.92 Å². The normalized spacial score (nSPS) is 10.5. The minimum absolute atomic E-state index is 0.179. The number of nitro groups is 1. The number of rotatable bonds is 5. The minimum Gasteiger partial charge on any atom is -0.308 e. The first-order valence-corrected chi connectivity index (χ1v) is 6.53. The second-order valence-electron chi connectivity index (χ2n) is 3.73. The van der Waals surface area contributed by atoms with Crippen molar-refractivity contribution in [3.8, 4) is 0 Å². The minimum atomic E-state index is -0.368. The van der Waals surface area contributed by atoms with Gasteiger partial charge in [0.15, 0.2) is 0 Å². The highest BCUT2D eigenvalue weighted by atomic mass is 35.5. The van der Waals surface area contributed by atoms with Crippen LogP contribution in [-0.4, -0.2) is 4.92 Å². The molecule has 0 radical (unpaired) electrons. The predicted molar refractivity (Wildman–Crippen MR) is 73.0 cm³/mol. The fourth-order valence-corrected chi connectivity index (χ4v) is 2.41. The molecule has 0 bridgehead atoms. The lowest BCUT2D eigenvalue weighted by atomic mass is 10.2. The Morgan fingerprint density at radius 3 is 2.50 bits per heavy atom. The summed E-state index contributed by atoms with van der Waals surface area (Å²) in [6.07, 6.45) is 0. The Balaban J connectivity index is 1.84. The standard InChI is InChI=1S/C12H11ClN2O2S/c13-10-3-1-9(2-4-10)7-14-8-11-5-6-12(18-11)15(16)17/h1-6,14H,7-8H2.